The van der Waals surface area contributed by atoms with Crippen molar-refractivity contribution in [3.63, 3.8) is 0 Å². The Balaban J connectivity index is 3.14. The fraction of sp³-hybridized carbons (Fsp3) is 0.714. The molecule has 0 aliphatic carbocycles. The van der Waals surface area contributed by atoms with Gasteiger partial charge in [-0.15, -0.1) is 0 Å². The summed E-state index contributed by atoms with van der Waals surface area (Å²) in [4.78, 5) is 0. The molecule has 0 aliphatic heterocycles. The number of ether oxygens (including phenoxy) is 1. The maximum atomic E-state index is 5.27. The van der Waals surface area contributed by atoms with E-state index in [1.165, 1.54) is 38.5 Å². The first-order valence-corrected chi connectivity index (χ1v) is 8.73. The molecule has 0 spiro atoms. The van der Waals surface area contributed by atoms with E-state index in [1.807, 2.05) is 0 Å². The lowest BCUT2D eigenvalue weighted by atomic mass is 10.2. The molecule has 0 aliphatic rings. The average molecular weight is 368 g/mol. The first kappa shape index (κ1) is 17.2. The molecule has 0 amide bonds. The van der Waals surface area contributed by atoms with E-state index in [0.29, 0.717) is 0 Å². The summed E-state index contributed by atoms with van der Waals surface area (Å²) in [6.07, 6.45) is 17.6. The van der Waals surface area contributed by atoms with Crippen molar-refractivity contribution in [1.29, 1.82) is 0 Å². The summed E-state index contributed by atoms with van der Waals surface area (Å²) in [6, 6.07) is 0. The highest BCUT2D eigenvalue weighted by Gasteiger charge is 1.85. The summed E-state index contributed by atoms with van der Waals surface area (Å²) in [5.41, 5.74) is 0. The van der Waals surface area contributed by atoms with Crippen LogP contribution in [0.3, 0.4) is 0 Å². The van der Waals surface area contributed by atoms with Gasteiger partial charge in [-0.1, -0.05) is 44.7 Å². The molecule has 0 saturated carbocycles. The molecule has 0 saturated heterocycles. The quantitative estimate of drug-likeness (QED) is 0.235. The Morgan fingerprint density at radius 2 is 1.12 bits per heavy atom. The Labute approximate surface area is 123 Å². The average Bonchev–Trinajstić information content (AvgIpc) is 2.35. The minimum Gasteiger partial charge on any atom is -0.473 e. The van der Waals surface area contributed by atoms with Crippen LogP contribution in [0.5, 0.6) is 0 Å². The van der Waals surface area contributed by atoms with Crippen LogP contribution < -0.4 is 0 Å². The summed E-state index contributed by atoms with van der Waals surface area (Å²) >= 11 is 6.86. The lowest BCUT2D eigenvalue weighted by Crippen LogP contribution is -1.77. The second-order valence-electron chi connectivity index (χ2n) is 3.96. The van der Waals surface area contributed by atoms with Gasteiger partial charge in [0.1, 0.15) is 0 Å². The van der Waals surface area contributed by atoms with Crippen molar-refractivity contribution < 1.29 is 4.74 Å². The molecule has 17 heavy (non-hydrogen) atoms. The monoisotopic (exact) mass is 366 g/mol. The second-order valence-corrected chi connectivity index (χ2v) is 5.54. The van der Waals surface area contributed by atoms with E-state index in [1.54, 1.807) is 12.5 Å². The Hall–Kier alpha value is 0.240. The predicted molar refractivity (Wildman–Crippen MR) is 83.9 cm³/mol. The minimum atomic E-state index is 1.12. The van der Waals surface area contributed by atoms with E-state index < -0.39 is 0 Å². The lowest BCUT2D eigenvalue weighted by Gasteiger charge is -1.95. The minimum absolute atomic E-state index is 1.12. The molecular formula is C14H24Br2O. The molecule has 0 aromatic carbocycles. The second kappa shape index (κ2) is 16.2. The zero-order valence-corrected chi connectivity index (χ0v) is 13.7. The molecule has 0 bridgehead atoms. The van der Waals surface area contributed by atoms with Gasteiger partial charge in [-0.25, -0.2) is 0 Å². The van der Waals surface area contributed by atoms with Crippen LogP contribution in [0.4, 0.5) is 0 Å². The van der Waals surface area contributed by atoms with Crippen LogP contribution in [-0.4, -0.2) is 10.7 Å². The zero-order valence-electron chi connectivity index (χ0n) is 10.5. The molecule has 1 nitrogen and oxygen atoms in total. The van der Waals surface area contributed by atoms with E-state index >= 15 is 0 Å². The Kier molecular flexibility index (Phi) is 16.5. The van der Waals surface area contributed by atoms with Crippen molar-refractivity contribution in [2.24, 2.45) is 0 Å². The topological polar surface area (TPSA) is 9.23 Å². The smallest absolute Gasteiger partial charge is 0.0861 e. The number of hydrogen-bond acceptors (Lipinski definition) is 1. The van der Waals surface area contributed by atoms with Crippen molar-refractivity contribution in [3.05, 3.63) is 24.7 Å². The maximum Gasteiger partial charge on any atom is 0.0861 e. The van der Waals surface area contributed by atoms with E-state index in [9.17, 15) is 0 Å². The van der Waals surface area contributed by atoms with Crippen molar-refractivity contribution >= 4 is 31.9 Å². The summed E-state index contributed by atoms with van der Waals surface area (Å²) in [7, 11) is 0. The molecule has 0 unspecified atom stereocenters. The van der Waals surface area contributed by atoms with Crippen LogP contribution in [0.25, 0.3) is 0 Å². The van der Waals surface area contributed by atoms with Gasteiger partial charge < -0.3 is 4.74 Å². The Bertz CT molecular complexity index is 171. The predicted octanol–water partition coefficient (Wildman–Crippen LogP) is 5.94. The van der Waals surface area contributed by atoms with Gasteiger partial charge in [0.15, 0.2) is 0 Å². The zero-order chi connectivity index (χ0) is 12.6. The van der Waals surface area contributed by atoms with Crippen LogP contribution in [0.15, 0.2) is 24.7 Å². The van der Waals surface area contributed by atoms with Gasteiger partial charge in [0, 0.05) is 10.7 Å². The van der Waals surface area contributed by atoms with Gasteiger partial charge in [-0.05, 0) is 50.7 Å². The maximum absolute atomic E-state index is 5.27. The Morgan fingerprint density at radius 3 is 1.53 bits per heavy atom. The summed E-state index contributed by atoms with van der Waals surface area (Å²) in [5, 5.41) is 2.23. The van der Waals surface area contributed by atoms with Crippen LogP contribution in [-0.2, 0) is 4.74 Å². The number of halogens is 2. The molecule has 0 atom stereocenters. The largest absolute Gasteiger partial charge is 0.473 e. The van der Waals surface area contributed by atoms with Gasteiger partial charge in [0.2, 0.25) is 0 Å². The third-order valence-corrected chi connectivity index (χ3v) is 3.48. The van der Waals surface area contributed by atoms with Crippen LogP contribution in [0, 0.1) is 0 Å². The van der Waals surface area contributed by atoms with Crippen LogP contribution in [0.1, 0.15) is 51.4 Å². The van der Waals surface area contributed by atoms with Gasteiger partial charge in [-0.2, -0.15) is 0 Å². The van der Waals surface area contributed by atoms with Crippen molar-refractivity contribution in [2.45, 2.75) is 51.4 Å². The van der Waals surface area contributed by atoms with E-state index in [2.05, 4.69) is 44.0 Å². The standard InChI is InChI=1S/C14H24Br2O/c15-11-7-3-1-5-9-13-17-14-10-6-2-4-8-12-16/h9-10,13-14H,1-8,11-12H2. The molecular weight excluding hydrogens is 344 g/mol. The van der Waals surface area contributed by atoms with Crippen molar-refractivity contribution in [3.8, 4) is 0 Å². The Morgan fingerprint density at radius 1 is 0.647 bits per heavy atom. The van der Waals surface area contributed by atoms with E-state index in [4.69, 9.17) is 4.74 Å². The highest BCUT2D eigenvalue weighted by molar-refractivity contribution is 9.09. The third kappa shape index (κ3) is 16.2. The SMILES string of the molecule is BrCCCCCC=COC=CCCCCCBr. The first-order valence-electron chi connectivity index (χ1n) is 6.49. The number of hydrogen-bond donors (Lipinski definition) is 0. The number of rotatable bonds is 12. The van der Waals surface area contributed by atoms with E-state index in [-0.39, 0.29) is 0 Å². The third-order valence-electron chi connectivity index (χ3n) is 2.36. The van der Waals surface area contributed by atoms with Crippen LogP contribution >= 0.6 is 31.9 Å². The molecule has 100 valence electrons. The van der Waals surface area contributed by atoms with Gasteiger partial charge in [0.05, 0.1) is 12.5 Å². The molecule has 0 rings (SSSR count). The normalized spacial score (nSPS) is 11.6. The van der Waals surface area contributed by atoms with Gasteiger partial charge >= 0.3 is 0 Å². The van der Waals surface area contributed by atoms with Crippen molar-refractivity contribution in [2.75, 3.05) is 10.7 Å². The van der Waals surface area contributed by atoms with Gasteiger partial charge in [0.25, 0.3) is 0 Å². The molecule has 3 heteroatoms. The number of allylic oxidation sites excluding steroid dienone is 2. The molecule has 0 N–H and O–H groups in total. The fourth-order valence-electron chi connectivity index (χ4n) is 1.36. The molecule has 0 fully saturated rings. The van der Waals surface area contributed by atoms with Crippen molar-refractivity contribution in [1.82, 2.24) is 0 Å². The number of alkyl halides is 2. The lowest BCUT2D eigenvalue weighted by molar-refractivity contribution is 0.398. The summed E-state index contributed by atoms with van der Waals surface area (Å²) in [5.74, 6) is 0. The highest BCUT2D eigenvalue weighted by atomic mass is 79.9. The fourth-order valence-corrected chi connectivity index (χ4v) is 2.15. The molecule has 0 aromatic rings. The van der Waals surface area contributed by atoms with Crippen LogP contribution in [0.2, 0.25) is 0 Å². The molecule has 0 aromatic heterocycles. The molecule has 0 heterocycles. The van der Waals surface area contributed by atoms with Gasteiger partial charge in [-0.3, -0.25) is 0 Å². The summed E-state index contributed by atoms with van der Waals surface area (Å²) < 4.78 is 5.27. The molecule has 0 radical (unpaired) electrons. The summed E-state index contributed by atoms with van der Waals surface area (Å²) in [6.45, 7) is 0. The number of unbranched alkanes of at least 4 members (excludes halogenated alkanes) is 6. The first-order chi connectivity index (χ1) is 8.41. The van der Waals surface area contributed by atoms with E-state index in [0.717, 1.165) is 23.5 Å². The highest BCUT2D eigenvalue weighted by Crippen LogP contribution is 2.04.